The molecule has 0 aliphatic heterocycles. The van der Waals surface area contributed by atoms with Crippen molar-refractivity contribution in [1.82, 2.24) is 0 Å². The van der Waals surface area contributed by atoms with Gasteiger partial charge in [-0.1, -0.05) is 25.2 Å². The van der Waals surface area contributed by atoms with Crippen LogP contribution in [0.4, 0.5) is 0 Å². The van der Waals surface area contributed by atoms with Crippen molar-refractivity contribution in [3.63, 3.8) is 0 Å². The molecule has 1 aliphatic carbocycles. The van der Waals surface area contributed by atoms with Gasteiger partial charge in [0.1, 0.15) is 5.92 Å². The lowest BCUT2D eigenvalue weighted by Gasteiger charge is -2.36. The summed E-state index contributed by atoms with van der Waals surface area (Å²) in [5.74, 6) is -3.65. The van der Waals surface area contributed by atoms with Gasteiger partial charge in [-0.05, 0) is 18.9 Å². The minimum Gasteiger partial charge on any atom is -0.481 e. The monoisotopic (exact) mass is 258 g/mol. The van der Waals surface area contributed by atoms with Crippen molar-refractivity contribution in [2.24, 2.45) is 5.92 Å². The summed E-state index contributed by atoms with van der Waals surface area (Å²) in [5, 5.41) is 18.5. The van der Waals surface area contributed by atoms with E-state index in [4.69, 9.17) is 9.84 Å². The zero-order valence-corrected chi connectivity index (χ0v) is 10.3. The number of carboxylic acids is 2. The van der Waals surface area contributed by atoms with Gasteiger partial charge < -0.3 is 20.4 Å². The summed E-state index contributed by atoms with van der Waals surface area (Å²) in [5.41, 5.74) is -1.30. The number of rotatable bonds is 5. The molecule has 0 spiro atoms. The van der Waals surface area contributed by atoms with Gasteiger partial charge in [0.05, 0.1) is 0 Å². The molecule has 6 heteroatoms. The fraction of sp³-hybridized carbons (Fsp3) is 0.500. The third-order valence-electron chi connectivity index (χ3n) is 2.85. The lowest BCUT2D eigenvalue weighted by Crippen LogP contribution is -2.53. The zero-order valence-electron chi connectivity index (χ0n) is 10.3. The van der Waals surface area contributed by atoms with Crippen molar-refractivity contribution in [1.29, 1.82) is 0 Å². The summed E-state index contributed by atoms with van der Waals surface area (Å²) in [7, 11) is 0. The first-order chi connectivity index (χ1) is 8.00. The topological polar surface area (TPSA) is 115 Å². The molecule has 0 radical (unpaired) electrons. The molecule has 4 N–H and O–H groups in total. The molecule has 0 aromatic heterocycles. The van der Waals surface area contributed by atoms with Crippen LogP contribution < -0.4 is 0 Å². The Hall–Kier alpha value is -1.66. The fourth-order valence-electron chi connectivity index (χ4n) is 2.12. The van der Waals surface area contributed by atoms with Gasteiger partial charge in [-0.25, -0.2) is 4.79 Å². The Kier molecular flexibility index (Phi) is 5.74. The second-order valence-electron chi connectivity index (χ2n) is 3.72. The molecule has 0 aromatic rings. The van der Waals surface area contributed by atoms with Crippen LogP contribution in [0.1, 0.15) is 20.3 Å². The van der Waals surface area contributed by atoms with Crippen molar-refractivity contribution < 1.29 is 30.0 Å². The molecule has 18 heavy (non-hydrogen) atoms. The maximum Gasteiger partial charge on any atom is 0.341 e. The molecule has 2 atom stereocenters. The maximum absolute atomic E-state index is 11.5. The molecule has 0 fully saturated rings. The first-order valence-corrected chi connectivity index (χ1v) is 5.48. The molecule has 0 amide bonds. The molecular formula is C12H18O6. The van der Waals surface area contributed by atoms with Crippen LogP contribution in [0.25, 0.3) is 0 Å². The van der Waals surface area contributed by atoms with Gasteiger partial charge in [0, 0.05) is 6.61 Å². The Labute approximate surface area is 105 Å². The van der Waals surface area contributed by atoms with Crippen LogP contribution in [0.5, 0.6) is 0 Å². The van der Waals surface area contributed by atoms with Crippen LogP contribution in [0.15, 0.2) is 23.8 Å². The molecule has 1 aliphatic rings. The largest absolute Gasteiger partial charge is 0.481 e. The molecule has 0 saturated carbocycles. The lowest BCUT2D eigenvalue weighted by molar-refractivity contribution is -0.173. The Morgan fingerprint density at radius 3 is 2.39 bits per heavy atom. The summed E-state index contributed by atoms with van der Waals surface area (Å²) >= 11 is 0. The standard InChI is InChI=1S/C12H16O5.H2O/c1-3-8-6-5-7-9(10(13)14)12(8,11(15)16)17-4-2;/h5-7,9H,3-4H2,1-2H3,(H,13,14)(H,15,16);1H2. The molecule has 6 nitrogen and oxygen atoms in total. The second-order valence-corrected chi connectivity index (χ2v) is 3.72. The third kappa shape index (κ3) is 2.44. The van der Waals surface area contributed by atoms with E-state index in [2.05, 4.69) is 0 Å². The van der Waals surface area contributed by atoms with Crippen LogP contribution in [0, 0.1) is 5.92 Å². The Morgan fingerprint density at radius 1 is 1.39 bits per heavy atom. The van der Waals surface area contributed by atoms with Crippen LogP contribution in [0.3, 0.4) is 0 Å². The van der Waals surface area contributed by atoms with Crippen molar-refractivity contribution in [2.45, 2.75) is 25.9 Å². The van der Waals surface area contributed by atoms with Crippen molar-refractivity contribution in [2.75, 3.05) is 6.61 Å². The van der Waals surface area contributed by atoms with Gasteiger partial charge in [-0.2, -0.15) is 0 Å². The highest BCUT2D eigenvalue weighted by atomic mass is 16.5. The van der Waals surface area contributed by atoms with Crippen LogP contribution >= 0.6 is 0 Å². The van der Waals surface area contributed by atoms with Gasteiger partial charge >= 0.3 is 11.9 Å². The second kappa shape index (κ2) is 6.32. The summed E-state index contributed by atoms with van der Waals surface area (Å²) in [6.45, 7) is 3.57. The number of allylic oxidation sites excluding steroid dienone is 2. The average molecular weight is 258 g/mol. The zero-order chi connectivity index (χ0) is 13.1. The fourth-order valence-corrected chi connectivity index (χ4v) is 2.12. The molecule has 0 heterocycles. The van der Waals surface area contributed by atoms with Crippen molar-refractivity contribution in [3.05, 3.63) is 23.8 Å². The highest BCUT2D eigenvalue weighted by molar-refractivity contribution is 5.91. The molecular weight excluding hydrogens is 240 g/mol. The average Bonchev–Trinajstić information content (AvgIpc) is 2.28. The normalized spacial score (nSPS) is 26.1. The van der Waals surface area contributed by atoms with E-state index in [0.29, 0.717) is 12.0 Å². The van der Waals surface area contributed by atoms with Gasteiger partial charge in [0.2, 0.25) is 5.60 Å². The Balaban J connectivity index is 0.00000289. The lowest BCUT2D eigenvalue weighted by atomic mass is 9.76. The Bertz CT molecular complexity index is 384. The highest BCUT2D eigenvalue weighted by Crippen LogP contribution is 2.37. The van der Waals surface area contributed by atoms with E-state index in [1.165, 1.54) is 6.08 Å². The number of aliphatic carboxylic acids is 2. The minimum atomic E-state index is -1.77. The first kappa shape index (κ1) is 16.3. The predicted molar refractivity (Wildman–Crippen MR) is 64.2 cm³/mol. The summed E-state index contributed by atoms with van der Waals surface area (Å²) in [6.07, 6.45) is 4.97. The molecule has 0 bridgehead atoms. The predicted octanol–water partition coefficient (Wildman–Crippen LogP) is 0.629. The van der Waals surface area contributed by atoms with Crippen LogP contribution in [0.2, 0.25) is 0 Å². The molecule has 0 aromatic carbocycles. The van der Waals surface area contributed by atoms with Gasteiger partial charge in [-0.15, -0.1) is 0 Å². The SMILES string of the molecule is CCOC1(C(=O)O)C(CC)=CC=CC1C(=O)O.O. The summed E-state index contributed by atoms with van der Waals surface area (Å²) in [6, 6.07) is 0. The van der Waals surface area contributed by atoms with E-state index in [1.807, 2.05) is 0 Å². The van der Waals surface area contributed by atoms with E-state index < -0.39 is 23.5 Å². The summed E-state index contributed by atoms with van der Waals surface area (Å²) in [4.78, 5) is 22.7. The molecule has 0 saturated heterocycles. The van der Waals surface area contributed by atoms with Crippen molar-refractivity contribution in [3.8, 4) is 0 Å². The van der Waals surface area contributed by atoms with Crippen LogP contribution in [-0.2, 0) is 14.3 Å². The minimum absolute atomic E-state index is 0. The van der Waals surface area contributed by atoms with Gasteiger partial charge in [0.15, 0.2) is 0 Å². The quantitative estimate of drug-likeness (QED) is 0.750. The van der Waals surface area contributed by atoms with Crippen LogP contribution in [-0.4, -0.2) is 39.8 Å². The molecule has 102 valence electrons. The molecule has 1 rings (SSSR count). The highest BCUT2D eigenvalue weighted by Gasteiger charge is 2.52. The molecule has 2 unspecified atom stereocenters. The first-order valence-electron chi connectivity index (χ1n) is 5.48. The number of hydrogen-bond donors (Lipinski definition) is 2. The van der Waals surface area contributed by atoms with E-state index in [0.717, 1.165) is 0 Å². The maximum atomic E-state index is 11.5. The smallest absolute Gasteiger partial charge is 0.341 e. The van der Waals surface area contributed by atoms with Crippen molar-refractivity contribution >= 4 is 11.9 Å². The number of carboxylic acid groups (broad SMARTS) is 2. The van der Waals surface area contributed by atoms with E-state index >= 15 is 0 Å². The Morgan fingerprint density at radius 2 is 2.00 bits per heavy atom. The van der Waals surface area contributed by atoms with E-state index in [1.54, 1.807) is 26.0 Å². The summed E-state index contributed by atoms with van der Waals surface area (Å²) < 4.78 is 5.31. The number of ether oxygens (including phenoxy) is 1. The van der Waals surface area contributed by atoms with E-state index in [-0.39, 0.29) is 12.1 Å². The number of carbonyl (C=O) groups is 2. The van der Waals surface area contributed by atoms with Gasteiger partial charge in [-0.3, -0.25) is 4.79 Å². The third-order valence-corrected chi connectivity index (χ3v) is 2.85. The van der Waals surface area contributed by atoms with E-state index in [9.17, 15) is 14.7 Å². The van der Waals surface area contributed by atoms with Gasteiger partial charge in [0.25, 0.3) is 0 Å². The number of hydrogen-bond acceptors (Lipinski definition) is 3.